The Kier molecular flexibility index (Phi) is 9.25. The monoisotopic (exact) mass is 476 g/mol. The number of piperazine rings is 1. The maximum Gasteiger partial charge on any atom is 0.132 e. The van der Waals surface area contributed by atoms with Crippen LogP contribution < -0.4 is 9.64 Å². The lowest BCUT2D eigenvalue weighted by Gasteiger charge is -2.35. The van der Waals surface area contributed by atoms with Crippen molar-refractivity contribution < 1.29 is 4.74 Å². The molecule has 1 aromatic heterocycles. The van der Waals surface area contributed by atoms with Crippen molar-refractivity contribution >= 4 is 17.6 Å². The van der Waals surface area contributed by atoms with Crippen molar-refractivity contribution in [2.45, 2.75) is 29.2 Å². The highest BCUT2D eigenvalue weighted by atomic mass is 32.2. The zero-order chi connectivity index (χ0) is 23.6. The number of rotatable bonds is 11. The van der Waals surface area contributed by atoms with E-state index in [4.69, 9.17) is 4.74 Å². The minimum atomic E-state index is 0.927. The van der Waals surface area contributed by atoms with Gasteiger partial charge in [-0.25, -0.2) is 4.98 Å². The second-order valence-electron chi connectivity index (χ2n) is 8.82. The first kappa shape index (κ1) is 24.6. The molecule has 1 aliphatic heterocycles. The average molecular weight is 477 g/mol. The summed E-state index contributed by atoms with van der Waals surface area (Å²) in [6.45, 7) is 7.64. The van der Waals surface area contributed by atoms with Crippen molar-refractivity contribution in [2.24, 2.45) is 0 Å². The Morgan fingerprint density at radius 2 is 1.62 bits per heavy atom. The summed E-state index contributed by atoms with van der Waals surface area (Å²) in [5.41, 5.74) is 1.37. The lowest BCUT2D eigenvalue weighted by Crippen LogP contribution is -2.47. The number of unbranched alkanes of at least 4 members (excludes halogenated alkanes) is 1. The molecular weight excluding hydrogens is 440 g/mol. The van der Waals surface area contributed by atoms with Gasteiger partial charge in [0.05, 0.1) is 12.0 Å². The topological polar surface area (TPSA) is 31.8 Å². The van der Waals surface area contributed by atoms with Crippen molar-refractivity contribution in [1.29, 1.82) is 0 Å². The molecule has 1 fully saturated rings. The number of anilines is 1. The van der Waals surface area contributed by atoms with E-state index >= 15 is 0 Å². The van der Waals surface area contributed by atoms with Crippen LogP contribution in [-0.2, 0) is 6.54 Å². The molecule has 2 aromatic carbocycles. The fourth-order valence-corrected chi connectivity index (χ4v) is 5.43. The van der Waals surface area contributed by atoms with Gasteiger partial charge in [-0.1, -0.05) is 48.2 Å². The molecule has 0 aliphatic carbocycles. The van der Waals surface area contributed by atoms with Crippen LogP contribution in [-0.4, -0.2) is 68.2 Å². The normalized spacial score (nSPS) is 14.5. The summed E-state index contributed by atoms with van der Waals surface area (Å²) in [5.74, 6) is 2.03. The molecule has 5 nitrogen and oxygen atoms in total. The summed E-state index contributed by atoms with van der Waals surface area (Å²) in [4.78, 5) is 14.4. The average Bonchev–Trinajstić information content (AvgIpc) is 2.89. The number of pyridine rings is 1. The number of benzene rings is 2. The van der Waals surface area contributed by atoms with Crippen LogP contribution in [0.4, 0.5) is 5.82 Å². The maximum absolute atomic E-state index is 5.54. The van der Waals surface area contributed by atoms with Crippen LogP contribution in [0.3, 0.4) is 0 Å². The van der Waals surface area contributed by atoms with Crippen LogP contribution in [0.25, 0.3) is 0 Å². The second kappa shape index (κ2) is 12.8. The van der Waals surface area contributed by atoms with Gasteiger partial charge >= 0.3 is 0 Å². The third kappa shape index (κ3) is 6.98. The highest BCUT2D eigenvalue weighted by Crippen LogP contribution is 2.36. The van der Waals surface area contributed by atoms with Gasteiger partial charge in [-0.05, 0) is 68.9 Å². The molecule has 1 saturated heterocycles. The van der Waals surface area contributed by atoms with Crippen LogP contribution in [0.2, 0.25) is 0 Å². The Hall–Kier alpha value is -2.54. The first-order valence-corrected chi connectivity index (χ1v) is 13.0. The Morgan fingerprint density at radius 3 is 2.38 bits per heavy atom. The lowest BCUT2D eigenvalue weighted by atomic mass is 10.2. The molecule has 2 heterocycles. The first-order valence-electron chi connectivity index (χ1n) is 12.2. The molecule has 0 saturated carbocycles. The predicted octanol–water partition coefficient (Wildman–Crippen LogP) is 5.28. The van der Waals surface area contributed by atoms with E-state index < -0.39 is 0 Å². The maximum atomic E-state index is 5.54. The molecule has 180 valence electrons. The minimum Gasteiger partial charge on any atom is -0.496 e. The van der Waals surface area contributed by atoms with Crippen molar-refractivity contribution in [1.82, 2.24) is 14.8 Å². The van der Waals surface area contributed by atoms with Crippen molar-refractivity contribution in [2.75, 3.05) is 58.3 Å². The Bertz CT molecular complexity index is 1010. The molecular formula is C28H36N4OS. The second-order valence-corrected chi connectivity index (χ2v) is 9.91. The number of para-hydroxylation sites is 1. The standard InChI is InChI=1S/C28H36N4OS/c1-30(17-9-10-18-31-19-21-32(22-20-31)28-15-7-8-16-29-28)23-24-11-3-5-13-26(24)34-27-14-6-4-12-25(27)33-2/h3-8,11-16H,9-10,17-23H2,1-2H3. The molecule has 0 radical (unpaired) electrons. The Morgan fingerprint density at radius 1 is 0.882 bits per heavy atom. The Labute approximate surface area is 208 Å². The van der Waals surface area contributed by atoms with Crippen molar-refractivity contribution in [3.05, 3.63) is 78.5 Å². The molecule has 0 amide bonds. The van der Waals surface area contributed by atoms with Crippen LogP contribution in [0, 0.1) is 0 Å². The lowest BCUT2D eigenvalue weighted by molar-refractivity contribution is 0.242. The van der Waals surface area contributed by atoms with E-state index in [1.54, 1.807) is 18.9 Å². The minimum absolute atomic E-state index is 0.927. The highest BCUT2D eigenvalue weighted by Gasteiger charge is 2.17. The zero-order valence-corrected chi connectivity index (χ0v) is 21.2. The predicted molar refractivity (Wildman–Crippen MR) is 142 cm³/mol. The van der Waals surface area contributed by atoms with E-state index in [-0.39, 0.29) is 0 Å². The van der Waals surface area contributed by atoms with E-state index in [2.05, 4.69) is 75.3 Å². The van der Waals surface area contributed by atoms with Gasteiger partial charge in [-0.3, -0.25) is 4.90 Å². The quantitative estimate of drug-likeness (QED) is 0.350. The number of ether oxygens (including phenoxy) is 1. The largest absolute Gasteiger partial charge is 0.496 e. The third-order valence-electron chi connectivity index (χ3n) is 6.31. The van der Waals surface area contributed by atoms with Gasteiger partial charge in [0.15, 0.2) is 0 Å². The van der Waals surface area contributed by atoms with Crippen LogP contribution in [0.1, 0.15) is 18.4 Å². The van der Waals surface area contributed by atoms with Gasteiger partial charge < -0.3 is 14.5 Å². The summed E-state index contributed by atoms with van der Waals surface area (Å²) in [6, 6.07) is 23.1. The van der Waals surface area contributed by atoms with Gasteiger partial charge in [0.1, 0.15) is 11.6 Å². The van der Waals surface area contributed by atoms with Crippen molar-refractivity contribution in [3.8, 4) is 5.75 Å². The first-order chi connectivity index (χ1) is 16.7. The molecule has 34 heavy (non-hydrogen) atoms. The zero-order valence-electron chi connectivity index (χ0n) is 20.4. The number of methoxy groups -OCH3 is 1. The van der Waals surface area contributed by atoms with E-state index in [9.17, 15) is 0 Å². The molecule has 0 bridgehead atoms. The van der Waals surface area contributed by atoms with Gasteiger partial charge in [0.2, 0.25) is 0 Å². The Balaban J connectivity index is 1.19. The smallest absolute Gasteiger partial charge is 0.132 e. The fourth-order valence-electron chi connectivity index (χ4n) is 4.38. The molecule has 6 heteroatoms. The van der Waals surface area contributed by atoms with Gasteiger partial charge in [0.25, 0.3) is 0 Å². The number of aromatic nitrogens is 1. The van der Waals surface area contributed by atoms with Gasteiger partial charge in [-0.15, -0.1) is 0 Å². The molecule has 0 atom stereocenters. The molecule has 3 aromatic rings. The summed E-state index contributed by atoms with van der Waals surface area (Å²) in [7, 11) is 3.97. The SMILES string of the molecule is COc1ccccc1Sc1ccccc1CN(C)CCCCN1CCN(c2ccccn2)CC1. The highest BCUT2D eigenvalue weighted by molar-refractivity contribution is 7.99. The number of hydrogen-bond donors (Lipinski definition) is 0. The molecule has 4 rings (SSSR count). The summed E-state index contributed by atoms with van der Waals surface area (Å²) in [5, 5.41) is 0. The van der Waals surface area contributed by atoms with Crippen molar-refractivity contribution in [3.63, 3.8) is 0 Å². The van der Waals surface area contributed by atoms with Gasteiger partial charge in [0, 0.05) is 43.8 Å². The molecule has 0 unspecified atom stereocenters. The van der Waals surface area contributed by atoms with Gasteiger partial charge in [-0.2, -0.15) is 0 Å². The number of hydrogen-bond acceptors (Lipinski definition) is 6. The van der Waals surface area contributed by atoms with E-state index in [0.717, 1.165) is 55.7 Å². The van der Waals surface area contributed by atoms with E-state index in [0.29, 0.717) is 0 Å². The van der Waals surface area contributed by atoms with Crippen LogP contribution in [0.15, 0.2) is 82.7 Å². The summed E-state index contributed by atoms with van der Waals surface area (Å²) in [6.07, 6.45) is 4.35. The van der Waals surface area contributed by atoms with E-state index in [1.807, 2.05) is 24.4 Å². The fraction of sp³-hybridized carbons (Fsp3) is 0.393. The summed E-state index contributed by atoms with van der Waals surface area (Å²) >= 11 is 1.79. The third-order valence-corrected chi connectivity index (χ3v) is 7.49. The van der Waals surface area contributed by atoms with E-state index in [1.165, 1.54) is 29.8 Å². The molecule has 0 N–H and O–H groups in total. The summed E-state index contributed by atoms with van der Waals surface area (Å²) < 4.78 is 5.54. The molecule has 0 spiro atoms. The number of nitrogens with zero attached hydrogens (tertiary/aromatic N) is 4. The van der Waals surface area contributed by atoms with Crippen LogP contribution >= 0.6 is 11.8 Å². The van der Waals surface area contributed by atoms with Crippen LogP contribution in [0.5, 0.6) is 5.75 Å². The molecule has 1 aliphatic rings.